The van der Waals surface area contributed by atoms with Crippen LogP contribution in [-0.2, 0) is 17.4 Å². The van der Waals surface area contributed by atoms with E-state index < -0.39 is 18.8 Å². The summed E-state index contributed by atoms with van der Waals surface area (Å²) in [5.74, 6) is 0.901. The van der Waals surface area contributed by atoms with Gasteiger partial charge < -0.3 is 17.4 Å². The van der Waals surface area contributed by atoms with Gasteiger partial charge in [0.25, 0.3) is 0 Å². The Morgan fingerprint density at radius 3 is 2.08 bits per heavy atom. The van der Waals surface area contributed by atoms with E-state index in [1.807, 2.05) is 0 Å². The van der Waals surface area contributed by atoms with Crippen molar-refractivity contribution in [2.75, 3.05) is 27.1 Å². The monoisotopic (exact) mass is 242 g/mol. The number of thiol groups is 1. The van der Waals surface area contributed by atoms with E-state index in [4.69, 9.17) is 17.4 Å². The largest absolute Gasteiger partial charge is 0.667 e. The van der Waals surface area contributed by atoms with Crippen molar-refractivity contribution < 1.29 is 17.4 Å². The molecule has 0 bridgehead atoms. The molecule has 0 aromatic carbocycles. The van der Waals surface area contributed by atoms with Gasteiger partial charge in [-0.05, 0) is 18.2 Å². The highest BCUT2D eigenvalue weighted by Crippen LogP contribution is 2.07. The van der Waals surface area contributed by atoms with Gasteiger partial charge in [-0.15, -0.1) is 0 Å². The molecule has 0 aliphatic heterocycles. The first kappa shape index (κ1) is 13.6. The molecule has 0 N–H and O–H groups in total. The maximum absolute atomic E-state index is 5.56. The first-order valence-electron chi connectivity index (χ1n) is 4.15. The van der Waals surface area contributed by atoms with Gasteiger partial charge in [0.15, 0.2) is 9.76 Å². The van der Waals surface area contributed by atoms with Gasteiger partial charge in [0.2, 0.25) is 0 Å². The quantitative estimate of drug-likeness (QED) is 0.375. The van der Waals surface area contributed by atoms with E-state index in [1.54, 1.807) is 21.3 Å². The molecule has 0 aromatic heterocycles. The number of rotatable bonds is 8. The molecule has 0 aliphatic carbocycles. The molecule has 13 heavy (non-hydrogen) atoms. The van der Waals surface area contributed by atoms with E-state index in [9.17, 15) is 0 Å². The van der Waals surface area contributed by atoms with Crippen LogP contribution in [0.25, 0.3) is 0 Å². The van der Waals surface area contributed by atoms with Crippen molar-refractivity contribution >= 4 is 31.4 Å². The Kier molecular flexibility index (Phi) is 8.36. The highest BCUT2D eigenvalue weighted by atomic mass is 32.1. The van der Waals surface area contributed by atoms with Crippen LogP contribution in [0, 0.1) is 0 Å². The summed E-state index contributed by atoms with van der Waals surface area (Å²) in [6, 6.07) is 1.08. The summed E-state index contributed by atoms with van der Waals surface area (Å²) >= 11 is 4.12. The Hall–Kier alpha value is 0.624. The minimum absolute atomic E-state index is 0.599. The number of hydrogen-bond donors (Lipinski definition) is 1. The maximum atomic E-state index is 5.56. The average Bonchev–Trinajstić information content (AvgIpc) is 2.20. The second kappa shape index (κ2) is 7.98. The fourth-order valence-electron chi connectivity index (χ4n) is 0.838. The van der Waals surface area contributed by atoms with Crippen LogP contribution < -0.4 is 0 Å². The molecule has 0 radical (unpaired) electrons. The third-order valence-corrected chi connectivity index (χ3v) is 6.42. The van der Waals surface area contributed by atoms with Gasteiger partial charge in [-0.25, -0.2) is 0 Å². The molecule has 0 spiro atoms. The van der Waals surface area contributed by atoms with E-state index in [2.05, 4.69) is 12.6 Å². The van der Waals surface area contributed by atoms with E-state index in [0.717, 1.165) is 18.2 Å². The van der Waals surface area contributed by atoms with Gasteiger partial charge in [0.05, 0.1) is 0 Å². The van der Waals surface area contributed by atoms with Crippen molar-refractivity contribution in [1.29, 1.82) is 0 Å². The molecule has 4 nitrogen and oxygen atoms in total. The van der Waals surface area contributed by atoms with Crippen molar-refractivity contribution in [1.82, 2.24) is 0 Å². The van der Waals surface area contributed by atoms with Gasteiger partial charge in [-0.1, -0.05) is 0 Å². The minimum Gasteiger partial charge on any atom is -0.400 e. The van der Waals surface area contributed by atoms with Crippen molar-refractivity contribution in [3.05, 3.63) is 0 Å². The molecule has 7 heteroatoms. The smallest absolute Gasteiger partial charge is 0.400 e. The molecule has 0 unspecified atom stereocenters. The van der Waals surface area contributed by atoms with Crippen LogP contribution in [-0.4, -0.2) is 45.9 Å². The highest BCUT2D eigenvalue weighted by Gasteiger charge is 2.41. The summed E-state index contributed by atoms with van der Waals surface area (Å²) in [5, 5.41) is 0. The predicted octanol–water partition coefficient (Wildman–Crippen LogP) is 0.200. The number of hydrogen-bond acceptors (Lipinski definition) is 5. The lowest BCUT2D eigenvalue weighted by atomic mass is 10.6. The first-order valence-corrected chi connectivity index (χ1v) is 7.99. The molecular weight excluding hydrogens is 224 g/mol. The summed E-state index contributed by atoms with van der Waals surface area (Å²) < 4.78 is 20.9. The van der Waals surface area contributed by atoms with Crippen molar-refractivity contribution in [2.45, 2.75) is 12.5 Å². The van der Waals surface area contributed by atoms with Crippen LogP contribution >= 0.6 is 12.6 Å². The van der Waals surface area contributed by atoms with Gasteiger partial charge in [-0.2, -0.15) is 12.6 Å². The fourth-order valence-corrected chi connectivity index (χ4v) is 5.43. The zero-order valence-corrected chi connectivity index (χ0v) is 11.7. The molecule has 0 heterocycles. The van der Waals surface area contributed by atoms with Crippen LogP contribution in [0.3, 0.4) is 0 Å². The lowest BCUT2D eigenvalue weighted by Crippen LogP contribution is -2.47. The molecule has 0 rings (SSSR count). The van der Waals surface area contributed by atoms with E-state index in [1.165, 1.54) is 0 Å². The lowest BCUT2D eigenvalue weighted by molar-refractivity contribution is 0.0523. The van der Waals surface area contributed by atoms with E-state index in [-0.39, 0.29) is 0 Å². The summed E-state index contributed by atoms with van der Waals surface area (Å²) in [5.41, 5.74) is 0. The standard InChI is InChI=1S/C6H18O4SSi2/c1-7-13(8-2,9-3)10-12-6-4-5-11/h11H,4-6,12H2,1-3H3. The molecular formula is C6H18O4SSi2. The third-order valence-electron chi connectivity index (χ3n) is 1.58. The van der Waals surface area contributed by atoms with Gasteiger partial charge in [0, 0.05) is 21.3 Å². The van der Waals surface area contributed by atoms with Gasteiger partial charge >= 0.3 is 9.05 Å². The summed E-state index contributed by atoms with van der Waals surface area (Å²) in [7, 11) is 1.31. The van der Waals surface area contributed by atoms with Crippen molar-refractivity contribution in [2.24, 2.45) is 0 Å². The van der Waals surface area contributed by atoms with Crippen molar-refractivity contribution in [3.63, 3.8) is 0 Å². The lowest BCUT2D eigenvalue weighted by Gasteiger charge is -2.23. The zero-order valence-electron chi connectivity index (χ0n) is 8.41. The zero-order chi connectivity index (χ0) is 10.2. The van der Waals surface area contributed by atoms with Crippen LogP contribution in [0.2, 0.25) is 6.04 Å². The average molecular weight is 242 g/mol. The van der Waals surface area contributed by atoms with Crippen LogP contribution in [0.5, 0.6) is 0 Å². The molecule has 0 saturated carbocycles. The highest BCUT2D eigenvalue weighted by molar-refractivity contribution is 7.80. The van der Waals surface area contributed by atoms with Crippen molar-refractivity contribution in [3.8, 4) is 0 Å². The Morgan fingerprint density at radius 2 is 1.69 bits per heavy atom. The van der Waals surface area contributed by atoms with Gasteiger partial charge in [0.1, 0.15) is 0 Å². The Labute approximate surface area is 88.7 Å². The Balaban J connectivity index is 3.68. The minimum atomic E-state index is -2.73. The van der Waals surface area contributed by atoms with Gasteiger partial charge in [-0.3, -0.25) is 0 Å². The summed E-state index contributed by atoms with van der Waals surface area (Å²) in [6.45, 7) is 0. The third kappa shape index (κ3) is 5.16. The van der Waals surface area contributed by atoms with Crippen LogP contribution in [0.1, 0.15) is 6.42 Å². The molecule has 0 aromatic rings. The van der Waals surface area contributed by atoms with Crippen LogP contribution in [0.15, 0.2) is 0 Å². The molecule has 0 atom stereocenters. The summed E-state index contributed by atoms with van der Waals surface area (Å²) in [4.78, 5) is 0. The molecule has 80 valence electrons. The topological polar surface area (TPSA) is 36.9 Å². The van der Waals surface area contributed by atoms with E-state index in [0.29, 0.717) is 0 Å². The first-order chi connectivity index (χ1) is 6.24. The molecule has 0 fully saturated rings. The molecule has 0 aliphatic rings. The Bertz CT molecular complexity index is 115. The van der Waals surface area contributed by atoms with Crippen LogP contribution in [0.4, 0.5) is 0 Å². The molecule has 0 saturated heterocycles. The fraction of sp³-hybridized carbons (Fsp3) is 1.00. The summed E-state index contributed by atoms with van der Waals surface area (Å²) in [6.07, 6.45) is 1.08. The SMILES string of the molecule is CO[Si](OC)(OC)O[SiH2]CCCS. The maximum Gasteiger partial charge on any atom is 0.667 e. The Morgan fingerprint density at radius 1 is 1.15 bits per heavy atom. The van der Waals surface area contributed by atoms with E-state index >= 15 is 0 Å². The molecule has 0 amide bonds. The second-order valence-electron chi connectivity index (χ2n) is 2.39. The normalized spacial score (nSPS) is 12.9. The second-order valence-corrected chi connectivity index (χ2v) is 7.33. The predicted molar refractivity (Wildman–Crippen MR) is 59.7 cm³/mol.